The van der Waals surface area contributed by atoms with E-state index in [4.69, 9.17) is 0 Å². The second kappa shape index (κ2) is 7.62. The molecule has 1 atom stereocenters. The van der Waals surface area contributed by atoms with Gasteiger partial charge in [0.25, 0.3) is 0 Å². The van der Waals surface area contributed by atoms with Crippen molar-refractivity contribution in [2.75, 3.05) is 6.54 Å². The van der Waals surface area contributed by atoms with E-state index in [-0.39, 0.29) is 36.8 Å². The van der Waals surface area contributed by atoms with Crippen molar-refractivity contribution in [1.29, 1.82) is 0 Å². The van der Waals surface area contributed by atoms with Gasteiger partial charge in [-0.1, -0.05) is 18.2 Å². The predicted molar refractivity (Wildman–Crippen MR) is 83.2 cm³/mol. The van der Waals surface area contributed by atoms with Gasteiger partial charge in [0, 0.05) is 31.5 Å². The molecule has 1 amide bonds. The van der Waals surface area contributed by atoms with Gasteiger partial charge in [-0.05, 0) is 24.5 Å². The fourth-order valence-corrected chi connectivity index (χ4v) is 2.28. The summed E-state index contributed by atoms with van der Waals surface area (Å²) in [6, 6.07) is 4.22. The average molecular weight is 316 g/mol. The Morgan fingerprint density at radius 2 is 2.20 bits per heavy atom. The van der Waals surface area contributed by atoms with E-state index in [1.165, 1.54) is 0 Å². The summed E-state index contributed by atoms with van der Waals surface area (Å²) in [4.78, 5) is 18.5. The number of rotatable bonds is 4. The van der Waals surface area contributed by atoms with Crippen LogP contribution in [0.3, 0.4) is 0 Å². The third-order valence-electron chi connectivity index (χ3n) is 3.40. The fraction of sp³-hybridized carbons (Fsp3) is 0.429. The largest absolute Gasteiger partial charge is 0.334 e. The van der Waals surface area contributed by atoms with Crippen molar-refractivity contribution in [2.24, 2.45) is 0 Å². The Balaban J connectivity index is 0.000001000. The summed E-state index contributed by atoms with van der Waals surface area (Å²) in [7, 11) is 0. The van der Waals surface area contributed by atoms with Crippen LogP contribution in [0.4, 0.5) is 0 Å². The van der Waals surface area contributed by atoms with Crippen LogP contribution in [0.25, 0.3) is 0 Å². The highest BCUT2D eigenvalue weighted by Gasteiger charge is 2.35. The van der Waals surface area contributed by atoms with Crippen molar-refractivity contribution < 1.29 is 4.79 Å². The van der Waals surface area contributed by atoms with E-state index in [1.807, 2.05) is 35.4 Å². The van der Waals surface area contributed by atoms with E-state index >= 15 is 0 Å². The van der Waals surface area contributed by atoms with Crippen LogP contribution in [0, 0.1) is 0 Å². The highest BCUT2D eigenvalue weighted by molar-refractivity contribution is 5.86. The third-order valence-corrected chi connectivity index (χ3v) is 3.40. The molecule has 0 saturated heterocycles. The first-order chi connectivity index (χ1) is 8.84. The van der Waals surface area contributed by atoms with Crippen molar-refractivity contribution in [1.82, 2.24) is 15.2 Å². The molecule has 3 rings (SSSR count). The zero-order valence-electron chi connectivity index (χ0n) is 11.1. The topological polar surface area (TPSA) is 45.2 Å². The lowest BCUT2D eigenvalue weighted by molar-refractivity contribution is -0.133. The van der Waals surface area contributed by atoms with E-state index < -0.39 is 0 Å². The summed E-state index contributed by atoms with van der Waals surface area (Å²) in [5.41, 5.74) is 1.10. The Bertz CT molecular complexity index is 463. The number of pyridine rings is 1. The number of aromatic nitrogens is 1. The molecule has 2 aliphatic rings. The van der Waals surface area contributed by atoms with Crippen LogP contribution >= 0.6 is 24.8 Å². The van der Waals surface area contributed by atoms with Gasteiger partial charge in [0.15, 0.2) is 0 Å². The van der Waals surface area contributed by atoms with Crippen LogP contribution in [-0.4, -0.2) is 34.4 Å². The first kappa shape index (κ1) is 17.0. The van der Waals surface area contributed by atoms with Crippen LogP contribution in [-0.2, 0) is 11.3 Å². The Hall–Kier alpha value is -1.10. The SMILES string of the molecule is Cl.Cl.O=C(C1C=CCN1)N(Cc1cccnc1)C1CC1. The van der Waals surface area contributed by atoms with Gasteiger partial charge in [-0.2, -0.15) is 0 Å². The molecule has 1 aliphatic carbocycles. The van der Waals surface area contributed by atoms with Crippen molar-refractivity contribution in [2.45, 2.75) is 31.5 Å². The number of nitrogens with one attached hydrogen (secondary N) is 1. The number of nitrogens with zero attached hydrogens (tertiary/aromatic N) is 2. The summed E-state index contributed by atoms with van der Waals surface area (Å²) in [6.45, 7) is 1.46. The zero-order valence-corrected chi connectivity index (χ0v) is 12.7. The van der Waals surface area contributed by atoms with Crippen LogP contribution in [0.1, 0.15) is 18.4 Å². The molecule has 0 radical (unpaired) electrons. The van der Waals surface area contributed by atoms with Gasteiger partial charge in [-0.3, -0.25) is 15.1 Å². The molecule has 1 N–H and O–H groups in total. The molecule has 1 unspecified atom stereocenters. The molecule has 6 heteroatoms. The zero-order chi connectivity index (χ0) is 12.4. The second-order valence-electron chi connectivity index (χ2n) is 4.87. The normalized spacial score (nSPS) is 19.9. The van der Waals surface area contributed by atoms with E-state index in [0.29, 0.717) is 12.6 Å². The van der Waals surface area contributed by atoms with Crippen LogP contribution in [0.5, 0.6) is 0 Å². The summed E-state index contributed by atoms with van der Waals surface area (Å²) < 4.78 is 0. The molecule has 0 spiro atoms. The molecule has 1 fully saturated rings. The smallest absolute Gasteiger partial charge is 0.244 e. The van der Waals surface area contributed by atoms with E-state index in [0.717, 1.165) is 24.9 Å². The van der Waals surface area contributed by atoms with E-state index in [1.54, 1.807) is 6.20 Å². The number of hydrogen-bond acceptors (Lipinski definition) is 3. The highest BCUT2D eigenvalue weighted by Crippen LogP contribution is 2.29. The number of carbonyl (C=O) groups is 1. The van der Waals surface area contributed by atoms with Gasteiger partial charge in [0.1, 0.15) is 6.04 Å². The molecular weight excluding hydrogens is 297 g/mol. The molecule has 1 saturated carbocycles. The summed E-state index contributed by atoms with van der Waals surface area (Å²) in [5.74, 6) is 0.190. The lowest BCUT2D eigenvalue weighted by Gasteiger charge is -2.25. The minimum atomic E-state index is -0.137. The number of carbonyl (C=O) groups excluding carboxylic acids is 1. The Morgan fingerprint density at radius 1 is 1.40 bits per heavy atom. The minimum Gasteiger partial charge on any atom is -0.334 e. The molecule has 1 aliphatic heterocycles. The van der Waals surface area contributed by atoms with Crippen molar-refractivity contribution in [3.8, 4) is 0 Å². The molecule has 4 nitrogen and oxygen atoms in total. The van der Waals surface area contributed by atoms with Crippen LogP contribution < -0.4 is 5.32 Å². The molecule has 0 bridgehead atoms. The van der Waals surface area contributed by atoms with E-state index in [2.05, 4.69) is 10.3 Å². The Labute approximate surface area is 131 Å². The Morgan fingerprint density at radius 3 is 2.75 bits per heavy atom. The number of hydrogen-bond donors (Lipinski definition) is 1. The van der Waals surface area contributed by atoms with Gasteiger partial charge >= 0.3 is 0 Å². The molecule has 20 heavy (non-hydrogen) atoms. The maximum absolute atomic E-state index is 12.4. The van der Waals surface area contributed by atoms with Crippen LogP contribution in [0.2, 0.25) is 0 Å². The molecule has 1 aromatic rings. The average Bonchev–Trinajstić information content (AvgIpc) is 3.10. The second-order valence-corrected chi connectivity index (χ2v) is 4.87. The van der Waals surface area contributed by atoms with Gasteiger partial charge in [0.05, 0.1) is 0 Å². The number of amides is 1. The summed E-state index contributed by atoms with van der Waals surface area (Å²) in [6.07, 6.45) is 9.82. The maximum Gasteiger partial charge on any atom is 0.244 e. The van der Waals surface area contributed by atoms with Gasteiger partial charge < -0.3 is 4.90 Å². The van der Waals surface area contributed by atoms with Gasteiger partial charge in [-0.25, -0.2) is 0 Å². The lowest BCUT2D eigenvalue weighted by Crippen LogP contribution is -2.44. The standard InChI is InChI=1S/C14H17N3O.2ClH/c18-14(13-4-2-8-16-13)17(12-5-6-12)10-11-3-1-7-15-9-11;;/h1-4,7,9,12-13,16H,5-6,8,10H2;2*1H. The van der Waals surface area contributed by atoms with Crippen molar-refractivity contribution >= 4 is 30.7 Å². The van der Waals surface area contributed by atoms with Crippen molar-refractivity contribution in [3.05, 3.63) is 42.2 Å². The molecule has 110 valence electrons. The summed E-state index contributed by atoms with van der Waals surface area (Å²) in [5, 5.41) is 3.19. The minimum absolute atomic E-state index is 0. The molecule has 0 aromatic carbocycles. The highest BCUT2D eigenvalue weighted by atomic mass is 35.5. The molecule has 2 heterocycles. The summed E-state index contributed by atoms with van der Waals surface area (Å²) >= 11 is 0. The van der Waals surface area contributed by atoms with Gasteiger partial charge in [0.2, 0.25) is 5.91 Å². The third kappa shape index (κ3) is 3.95. The molecule has 1 aromatic heterocycles. The number of halogens is 2. The predicted octanol–water partition coefficient (Wildman–Crippen LogP) is 1.94. The van der Waals surface area contributed by atoms with E-state index in [9.17, 15) is 4.79 Å². The fourth-order valence-electron chi connectivity index (χ4n) is 2.28. The first-order valence-corrected chi connectivity index (χ1v) is 6.44. The Kier molecular flexibility index (Phi) is 6.46. The lowest BCUT2D eigenvalue weighted by atomic mass is 10.2. The van der Waals surface area contributed by atoms with Gasteiger partial charge in [-0.15, -0.1) is 24.8 Å². The van der Waals surface area contributed by atoms with Crippen LogP contribution in [0.15, 0.2) is 36.7 Å². The maximum atomic E-state index is 12.4. The molecular formula is C14H19Cl2N3O. The first-order valence-electron chi connectivity index (χ1n) is 6.44. The monoisotopic (exact) mass is 315 g/mol. The van der Waals surface area contributed by atoms with Crippen molar-refractivity contribution in [3.63, 3.8) is 0 Å². The quantitative estimate of drug-likeness (QED) is 0.864.